The smallest absolute Gasteiger partial charge is 0.175 e. The monoisotopic (exact) mass is 512 g/mol. The molecule has 0 bridgehead atoms. The van der Waals surface area contributed by atoms with Crippen molar-refractivity contribution in [1.29, 1.82) is 0 Å². The number of hydrogen-bond donors (Lipinski definition) is 1. The van der Waals surface area contributed by atoms with Gasteiger partial charge in [0.15, 0.2) is 9.84 Å². The van der Waals surface area contributed by atoms with Gasteiger partial charge in [0.05, 0.1) is 10.6 Å². The van der Waals surface area contributed by atoms with Crippen LogP contribution >= 0.6 is 0 Å². The van der Waals surface area contributed by atoms with Crippen molar-refractivity contribution in [2.75, 3.05) is 25.9 Å². The quantitative estimate of drug-likeness (QED) is 0.509. The molecule has 1 aromatic carbocycles. The van der Waals surface area contributed by atoms with Crippen molar-refractivity contribution in [3.63, 3.8) is 0 Å². The summed E-state index contributed by atoms with van der Waals surface area (Å²) in [6.45, 7) is 7.76. The van der Waals surface area contributed by atoms with Gasteiger partial charge < -0.3 is 9.72 Å². The minimum absolute atomic E-state index is 0.185. The van der Waals surface area contributed by atoms with Crippen LogP contribution < -0.4 is 5.32 Å². The summed E-state index contributed by atoms with van der Waals surface area (Å²) in [4.78, 5) is 7.61. The predicted octanol–water partition coefficient (Wildman–Crippen LogP) is 4.89. The molecule has 8 heteroatoms. The molecule has 0 aliphatic carbocycles. The van der Waals surface area contributed by atoms with E-state index < -0.39 is 9.84 Å². The number of sulfone groups is 1. The first-order chi connectivity index (χ1) is 17.2. The maximum absolute atomic E-state index is 15.4. The van der Waals surface area contributed by atoms with Crippen LogP contribution in [0.1, 0.15) is 57.4 Å². The molecule has 5 rings (SSSR count). The predicted molar refractivity (Wildman–Crippen MR) is 142 cm³/mol. The van der Waals surface area contributed by atoms with Crippen LogP contribution in [-0.2, 0) is 9.84 Å². The van der Waals surface area contributed by atoms with Crippen molar-refractivity contribution < 1.29 is 12.8 Å². The van der Waals surface area contributed by atoms with Crippen molar-refractivity contribution >= 4 is 15.5 Å². The Morgan fingerprint density at radius 2 is 1.83 bits per heavy atom. The number of fused-ring (bicyclic) bond motifs is 1. The molecule has 3 aromatic rings. The molecule has 2 aliphatic heterocycles. The molecule has 194 valence electrons. The molecule has 4 heterocycles. The van der Waals surface area contributed by atoms with Crippen LogP contribution in [-0.4, -0.2) is 60.7 Å². The van der Waals surface area contributed by atoms with Crippen LogP contribution in [0.2, 0.25) is 0 Å². The van der Waals surface area contributed by atoms with Crippen LogP contribution in [0, 0.1) is 11.7 Å². The normalized spacial score (nSPS) is 22.5. The average molecular weight is 513 g/mol. The lowest BCUT2D eigenvalue weighted by atomic mass is 9.81. The van der Waals surface area contributed by atoms with Gasteiger partial charge in [-0.1, -0.05) is 26.0 Å². The Labute approximate surface area is 213 Å². The lowest BCUT2D eigenvalue weighted by Gasteiger charge is -2.46. The van der Waals surface area contributed by atoms with E-state index in [0.29, 0.717) is 29.3 Å². The minimum atomic E-state index is -3.26. The molecule has 36 heavy (non-hydrogen) atoms. The van der Waals surface area contributed by atoms with Crippen LogP contribution in [0.3, 0.4) is 0 Å². The summed E-state index contributed by atoms with van der Waals surface area (Å²) < 4.78 is 40.9. The maximum Gasteiger partial charge on any atom is 0.175 e. The lowest BCUT2D eigenvalue weighted by Crippen LogP contribution is -2.51. The number of nitrogens with zero attached hydrogens (tertiary/aromatic N) is 3. The fraction of sp³-hybridized carbons (Fsp3) is 0.536. The number of pyridine rings is 1. The second kappa shape index (κ2) is 10.2. The summed E-state index contributed by atoms with van der Waals surface area (Å²) in [7, 11) is -3.26. The minimum Gasteiger partial charge on any atom is -0.317 e. The highest BCUT2D eigenvalue weighted by Crippen LogP contribution is 2.37. The molecule has 2 aliphatic rings. The van der Waals surface area contributed by atoms with E-state index in [1.54, 1.807) is 30.3 Å². The molecule has 1 unspecified atom stereocenters. The molecular formula is C28H37FN4O2S. The number of nitrogens with one attached hydrogen (secondary N) is 1. The first-order valence-electron chi connectivity index (χ1n) is 13.1. The van der Waals surface area contributed by atoms with E-state index in [9.17, 15) is 8.42 Å². The van der Waals surface area contributed by atoms with Gasteiger partial charge in [-0.3, -0.25) is 4.90 Å². The Morgan fingerprint density at radius 1 is 1.11 bits per heavy atom. The topological polar surface area (TPSA) is 66.7 Å². The largest absolute Gasteiger partial charge is 0.317 e. The molecule has 2 fully saturated rings. The Balaban J connectivity index is 1.40. The Hall–Kier alpha value is -2.29. The average Bonchev–Trinajstić information content (AvgIpc) is 3.26. The summed E-state index contributed by atoms with van der Waals surface area (Å²) in [5.41, 5.74) is 2.84. The Kier molecular flexibility index (Phi) is 7.21. The molecule has 6 nitrogen and oxygen atoms in total. The van der Waals surface area contributed by atoms with Crippen molar-refractivity contribution in [2.45, 2.75) is 68.8 Å². The maximum atomic E-state index is 15.4. The van der Waals surface area contributed by atoms with Gasteiger partial charge in [-0.15, -0.1) is 0 Å². The summed E-state index contributed by atoms with van der Waals surface area (Å²) in [5, 5.41) is 3.48. The van der Waals surface area contributed by atoms with Gasteiger partial charge in [0, 0.05) is 47.9 Å². The number of rotatable bonds is 6. The van der Waals surface area contributed by atoms with E-state index in [1.165, 1.54) is 19.1 Å². The summed E-state index contributed by atoms with van der Waals surface area (Å²) >= 11 is 0. The van der Waals surface area contributed by atoms with Crippen molar-refractivity contribution in [3.05, 3.63) is 54.1 Å². The number of halogens is 1. The summed E-state index contributed by atoms with van der Waals surface area (Å²) in [6.07, 6.45) is 10.5. The fourth-order valence-corrected chi connectivity index (χ4v) is 6.72. The number of hydrogen-bond acceptors (Lipinski definition) is 5. The highest BCUT2D eigenvalue weighted by Gasteiger charge is 2.35. The molecule has 0 radical (unpaired) electrons. The highest BCUT2D eigenvalue weighted by molar-refractivity contribution is 7.90. The van der Waals surface area contributed by atoms with E-state index in [-0.39, 0.29) is 16.6 Å². The van der Waals surface area contributed by atoms with Gasteiger partial charge in [0.25, 0.3) is 0 Å². The molecule has 0 spiro atoms. The van der Waals surface area contributed by atoms with Crippen molar-refractivity contribution in [1.82, 2.24) is 19.6 Å². The van der Waals surface area contributed by atoms with Gasteiger partial charge in [-0.25, -0.2) is 17.8 Å². The number of aromatic nitrogens is 2. The number of imidazole rings is 1. The third kappa shape index (κ3) is 5.36. The van der Waals surface area contributed by atoms with Gasteiger partial charge in [-0.2, -0.15) is 0 Å². The zero-order valence-corrected chi connectivity index (χ0v) is 22.3. The number of benzene rings is 1. The van der Waals surface area contributed by atoms with E-state index in [4.69, 9.17) is 0 Å². The first kappa shape index (κ1) is 25.4. The van der Waals surface area contributed by atoms with Crippen LogP contribution in [0.4, 0.5) is 4.39 Å². The van der Waals surface area contributed by atoms with Gasteiger partial charge in [0.1, 0.15) is 11.5 Å². The summed E-state index contributed by atoms with van der Waals surface area (Å²) in [6, 6.07) is 9.34. The SMILES string of the molecule is CC(C)C[C@@H]1CC(c2cn3cc(-c4ccc(S(C)(=O)=O)cc4)nc3cc2F)CCN1C1CCNCC1. The molecule has 0 saturated carbocycles. The zero-order chi connectivity index (χ0) is 25.4. The van der Waals surface area contributed by atoms with Crippen molar-refractivity contribution in [3.8, 4) is 11.3 Å². The van der Waals surface area contributed by atoms with Crippen molar-refractivity contribution in [2.24, 2.45) is 5.92 Å². The second-order valence-electron chi connectivity index (χ2n) is 11.0. The van der Waals surface area contributed by atoms with Crippen LogP contribution in [0.5, 0.6) is 0 Å². The zero-order valence-electron chi connectivity index (χ0n) is 21.5. The standard InChI is InChI=1S/C28H37FN4O2S/c1-19(2)14-23-15-21(10-13-33(23)22-8-11-30-12-9-22)25-17-32-18-27(31-28(32)16-26(25)29)20-4-6-24(7-5-20)36(3,34)35/h4-7,16-19,21-23,30H,8-15H2,1-3H3/t21?,23-/m1/s1. The van der Waals surface area contributed by atoms with E-state index in [2.05, 4.69) is 29.0 Å². The summed E-state index contributed by atoms with van der Waals surface area (Å²) in [5.74, 6) is 0.613. The fourth-order valence-electron chi connectivity index (χ4n) is 6.09. The highest BCUT2D eigenvalue weighted by atomic mass is 32.2. The Bertz CT molecular complexity index is 1310. The molecule has 2 aromatic heterocycles. The van der Waals surface area contributed by atoms with Gasteiger partial charge in [0.2, 0.25) is 0 Å². The third-order valence-corrected chi connectivity index (χ3v) is 9.00. The first-order valence-corrected chi connectivity index (χ1v) is 15.0. The Morgan fingerprint density at radius 3 is 2.50 bits per heavy atom. The van der Waals surface area contributed by atoms with E-state index in [1.807, 2.05) is 16.8 Å². The molecular weight excluding hydrogens is 475 g/mol. The van der Waals surface area contributed by atoms with Crippen LogP contribution in [0.25, 0.3) is 16.9 Å². The van der Waals surface area contributed by atoms with Crippen LogP contribution in [0.15, 0.2) is 47.6 Å². The van der Waals surface area contributed by atoms with Gasteiger partial charge in [-0.05, 0) is 75.7 Å². The molecule has 2 saturated heterocycles. The molecule has 0 amide bonds. The number of likely N-dealkylation sites (tertiary alicyclic amines) is 1. The third-order valence-electron chi connectivity index (χ3n) is 7.87. The van der Waals surface area contributed by atoms with E-state index >= 15 is 4.39 Å². The molecule has 2 atom stereocenters. The second-order valence-corrected chi connectivity index (χ2v) is 13.0. The molecule has 1 N–H and O–H groups in total. The number of piperidine rings is 2. The van der Waals surface area contributed by atoms with E-state index in [0.717, 1.165) is 50.0 Å². The lowest BCUT2D eigenvalue weighted by molar-refractivity contribution is 0.0557. The van der Waals surface area contributed by atoms with Gasteiger partial charge >= 0.3 is 0 Å².